The molecule has 0 aliphatic heterocycles. The summed E-state index contributed by atoms with van der Waals surface area (Å²) in [7, 11) is 3.50. The molecule has 27 heavy (non-hydrogen) atoms. The van der Waals surface area contributed by atoms with Crippen molar-refractivity contribution in [3.63, 3.8) is 0 Å². The van der Waals surface area contributed by atoms with E-state index in [9.17, 15) is 0 Å². The van der Waals surface area contributed by atoms with E-state index < -0.39 is 0 Å². The van der Waals surface area contributed by atoms with Gasteiger partial charge >= 0.3 is 0 Å². The van der Waals surface area contributed by atoms with E-state index in [1.807, 2.05) is 24.3 Å². The standard InChI is InChI=1S/C21H26N4O.HI/c1-22-21(23-13-11-16-7-3-6-10-20(16)26-2)24-14-12-17-15-25-19-9-5-4-8-18(17)19;/h3-10,15,25H,11-14H2,1-2H3,(H2,22,23,24);1H. The SMILES string of the molecule is CN=C(NCCc1ccccc1OC)NCCc1c[nH]c2ccccc12.I. The van der Waals surface area contributed by atoms with Crippen molar-refractivity contribution >= 4 is 40.8 Å². The Kier molecular flexibility index (Phi) is 8.44. The fourth-order valence-electron chi connectivity index (χ4n) is 3.10. The molecule has 3 N–H and O–H groups in total. The minimum Gasteiger partial charge on any atom is -0.496 e. The third-order valence-corrected chi connectivity index (χ3v) is 4.46. The highest BCUT2D eigenvalue weighted by atomic mass is 127. The lowest BCUT2D eigenvalue weighted by Crippen LogP contribution is -2.39. The average Bonchev–Trinajstić information content (AvgIpc) is 3.10. The zero-order valence-electron chi connectivity index (χ0n) is 15.8. The molecule has 1 heterocycles. The molecule has 0 aliphatic rings. The topological polar surface area (TPSA) is 61.4 Å². The molecule has 0 saturated carbocycles. The monoisotopic (exact) mass is 478 g/mol. The summed E-state index contributed by atoms with van der Waals surface area (Å²) in [6.07, 6.45) is 3.91. The van der Waals surface area contributed by atoms with Gasteiger partial charge in [-0.2, -0.15) is 0 Å². The first-order valence-corrected chi connectivity index (χ1v) is 8.93. The van der Waals surface area contributed by atoms with E-state index >= 15 is 0 Å². The van der Waals surface area contributed by atoms with E-state index in [0.29, 0.717) is 0 Å². The van der Waals surface area contributed by atoms with Gasteiger partial charge < -0.3 is 20.4 Å². The number of methoxy groups -OCH3 is 1. The molecule has 0 radical (unpaired) electrons. The summed E-state index contributed by atoms with van der Waals surface area (Å²) in [6.45, 7) is 1.63. The zero-order valence-corrected chi connectivity index (χ0v) is 18.1. The number of guanidine groups is 1. The van der Waals surface area contributed by atoms with E-state index in [1.165, 1.54) is 22.0 Å². The molecule has 144 valence electrons. The number of rotatable bonds is 7. The van der Waals surface area contributed by atoms with Gasteiger partial charge in [-0.25, -0.2) is 0 Å². The number of aliphatic imine (C=N–C) groups is 1. The van der Waals surface area contributed by atoms with Crippen molar-refractivity contribution in [2.75, 3.05) is 27.2 Å². The van der Waals surface area contributed by atoms with Crippen molar-refractivity contribution in [3.05, 3.63) is 65.9 Å². The summed E-state index contributed by atoms with van der Waals surface area (Å²) in [5, 5.41) is 8.03. The number of ether oxygens (including phenoxy) is 1. The number of nitrogens with one attached hydrogen (secondary N) is 3. The number of nitrogens with zero attached hydrogens (tertiary/aromatic N) is 1. The van der Waals surface area contributed by atoms with E-state index in [4.69, 9.17) is 4.74 Å². The average molecular weight is 478 g/mol. The van der Waals surface area contributed by atoms with Gasteiger partial charge in [-0.3, -0.25) is 4.99 Å². The van der Waals surface area contributed by atoms with Crippen LogP contribution in [0.4, 0.5) is 0 Å². The lowest BCUT2D eigenvalue weighted by atomic mass is 10.1. The van der Waals surface area contributed by atoms with Crippen LogP contribution in [0.1, 0.15) is 11.1 Å². The van der Waals surface area contributed by atoms with E-state index in [2.05, 4.69) is 51.1 Å². The first-order valence-electron chi connectivity index (χ1n) is 8.93. The Bertz CT molecular complexity index is 875. The minimum absolute atomic E-state index is 0. The lowest BCUT2D eigenvalue weighted by molar-refractivity contribution is 0.409. The molecule has 3 aromatic rings. The summed E-state index contributed by atoms with van der Waals surface area (Å²) in [4.78, 5) is 7.62. The van der Waals surface area contributed by atoms with Crippen LogP contribution in [0.3, 0.4) is 0 Å². The fraction of sp³-hybridized carbons (Fsp3) is 0.286. The Morgan fingerprint density at radius 2 is 1.63 bits per heavy atom. The Balaban J connectivity index is 0.00000261. The number of H-pyrrole nitrogens is 1. The van der Waals surface area contributed by atoms with Crippen LogP contribution in [0.5, 0.6) is 5.75 Å². The molecule has 0 saturated heterocycles. The molecular weight excluding hydrogens is 451 g/mol. The first kappa shape index (κ1) is 21.1. The van der Waals surface area contributed by atoms with Gasteiger partial charge in [-0.1, -0.05) is 36.4 Å². The van der Waals surface area contributed by atoms with Crippen molar-refractivity contribution in [2.24, 2.45) is 4.99 Å². The number of fused-ring (bicyclic) bond motifs is 1. The number of para-hydroxylation sites is 2. The number of hydrogen-bond acceptors (Lipinski definition) is 2. The highest BCUT2D eigenvalue weighted by Crippen LogP contribution is 2.18. The predicted octanol–water partition coefficient (Wildman–Crippen LogP) is 3.74. The third-order valence-electron chi connectivity index (χ3n) is 4.46. The second-order valence-corrected chi connectivity index (χ2v) is 6.10. The Morgan fingerprint density at radius 1 is 0.963 bits per heavy atom. The molecule has 0 amide bonds. The van der Waals surface area contributed by atoms with Gasteiger partial charge in [0, 0.05) is 37.2 Å². The maximum absolute atomic E-state index is 5.39. The van der Waals surface area contributed by atoms with Crippen LogP contribution >= 0.6 is 24.0 Å². The quantitative estimate of drug-likeness (QED) is 0.276. The zero-order chi connectivity index (χ0) is 18.2. The molecule has 0 atom stereocenters. The summed E-state index contributed by atoms with van der Waals surface area (Å²) < 4.78 is 5.39. The van der Waals surface area contributed by atoms with Crippen LogP contribution in [0.25, 0.3) is 10.9 Å². The van der Waals surface area contributed by atoms with Gasteiger partial charge in [0.2, 0.25) is 0 Å². The largest absolute Gasteiger partial charge is 0.496 e. The Hall–Kier alpha value is -2.22. The van der Waals surface area contributed by atoms with Crippen LogP contribution in [-0.2, 0) is 12.8 Å². The van der Waals surface area contributed by atoms with E-state index in [0.717, 1.165) is 37.6 Å². The van der Waals surface area contributed by atoms with Crippen molar-refractivity contribution in [2.45, 2.75) is 12.8 Å². The molecule has 5 nitrogen and oxygen atoms in total. The maximum Gasteiger partial charge on any atom is 0.190 e. The van der Waals surface area contributed by atoms with Crippen LogP contribution in [-0.4, -0.2) is 38.2 Å². The summed E-state index contributed by atoms with van der Waals surface area (Å²) >= 11 is 0. The fourth-order valence-corrected chi connectivity index (χ4v) is 3.10. The molecule has 2 aromatic carbocycles. The lowest BCUT2D eigenvalue weighted by Gasteiger charge is -2.13. The Morgan fingerprint density at radius 3 is 2.37 bits per heavy atom. The highest BCUT2D eigenvalue weighted by molar-refractivity contribution is 14.0. The van der Waals surface area contributed by atoms with Gasteiger partial charge in [-0.15, -0.1) is 24.0 Å². The molecule has 0 unspecified atom stereocenters. The van der Waals surface area contributed by atoms with Gasteiger partial charge in [0.05, 0.1) is 7.11 Å². The van der Waals surface area contributed by atoms with E-state index in [-0.39, 0.29) is 24.0 Å². The predicted molar refractivity (Wildman–Crippen MR) is 123 cm³/mol. The van der Waals surface area contributed by atoms with Crippen LogP contribution in [0.2, 0.25) is 0 Å². The Labute approximate surface area is 177 Å². The molecule has 3 rings (SSSR count). The maximum atomic E-state index is 5.39. The molecule has 0 spiro atoms. The number of aromatic amines is 1. The molecule has 0 bridgehead atoms. The van der Waals surface area contributed by atoms with Crippen molar-refractivity contribution < 1.29 is 4.74 Å². The van der Waals surface area contributed by atoms with Gasteiger partial charge in [-0.05, 0) is 36.1 Å². The number of halogens is 1. The molecular formula is C21H27IN4O. The summed E-state index contributed by atoms with van der Waals surface area (Å²) in [5.74, 6) is 1.75. The minimum atomic E-state index is 0. The van der Waals surface area contributed by atoms with Gasteiger partial charge in [0.25, 0.3) is 0 Å². The summed E-state index contributed by atoms with van der Waals surface area (Å²) in [6, 6.07) is 16.5. The van der Waals surface area contributed by atoms with Crippen molar-refractivity contribution in [3.8, 4) is 5.75 Å². The van der Waals surface area contributed by atoms with Crippen LogP contribution in [0, 0.1) is 0 Å². The number of aromatic nitrogens is 1. The van der Waals surface area contributed by atoms with Crippen LogP contribution < -0.4 is 15.4 Å². The number of benzene rings is 2. The molecule has 0 aliphatic carbocycles. The second-order valence-electron chi connectivity index (χ2n) is 6.10. The summed E-state index contributed by atoms with van der Waals surface area (Å²) in [5.41, 5.74) is 3.69. The van der Waals surface area contributed by atoms with Crippen molar-refractivity contribution in [1.29, 1.82) is 0 Å². The van der Waals surface area contributed by atoms with Gasteiger partial charge in [0.15, 0.2) is 5.96 Å². The van der Waals surface area contributed by atoms with Gasteiger partial charge in [0.1, 0.15) is 5.75 Å². The third kappa shape index (κ3) is 5.63. The normalized spacial score (nSPS) is 11.1. The molecule has 1 aromatic heterocycles. The second kappa shape index (κ2) is 10.8. The van der Waals surface area contributed by atoms with Crippen LogP contribution in [0.15, 0.2) is 59.7 Å². The first-order chi connectivity index (χ1) is 12.8. The van der Waals surface area contributed by atoms with Crippen molar-refractivity contribution in [1.82, 2.24) is 15.6 Å². The molecule has 6 heteroatoms. The molecule has 0 fully saturated rings. The number of hydrogen-bond donors (Lipinski definition) is 3. The smallest absolute Gasteiger partial charge is 0.190 e. The highest BCUT2D eigenvalue weighted by Gasteiger charge is 2.05. The van der Waals surface area contributed by atoms with E-state index in [1.54, 1.807) is 14.2 Å².